The van der Waals surface area contributed by atoms with Crippen LogP contribution >= 0.6 is 0 Å². The molecule has 0 radical (unpaired) electrons. The topological polar surface area (TPSA) is 70.2 Å². The van der Waals surface area contributed by atoms with Crippen LogP contribution in [0, 0.1) is 10.1 Å². The van der Waals surface area contributed by atoms with Crippen LogP contribution in [-0.4, -0.2) is 21.6 Å². The van der Waals surface area contributed by atoms with Crippen LogP contribution in [0.15, 0.2) is 30.6 Å². The van der Waals surface area contributed by atoms with Gasteiger partial charge in [-0.15, -0.1) is 0 Å². The minimum Gasteiger partial charge on any atom is -0.496 e. The molecule has 1 aromatic heterocycles. The molecule has 0 amide bonds. The maximum absolute atomic E-state index is 11.1. The molecule has 0 atom stereocenters. The molecule has 0 unspecified atom stereocenters. The Kier molecular flexibility index (Phi) is 3.27. The summed E-state index contributed by atoms with van der Waals surface area (Å²) < 4.78 is 6.72. The van der Waals surface area contributed by atoms with Crippen molar-refractivity contribution in [3.63, 3.8) is 0 Å². The lowest BCUT2D eigenvalue weighted by Gasteiger charge is -2.08. The third kappa shape index (κ3) is 2.04. The standard InChI is InChI=1S/C12H13N3O3/c1-3-12-13-6-7-14(12)10-5-4-9(18-2)8-11(10)15(16)17/h4-8H,3H2,1-2H3. The highest BCUT2D eigenvalue weighted by Gasteiger charge is 2.18. The molecule has 94 valence electrons. The zero-order chi connectivity index (χ0) is 13.1. The number of methoxy groups -OCH3 is 1. The van der Waals surface area contributed by atoms with Gasteiger partial charge in [-0.2, -0.15) is 0 Å². The molecule has 0 spiro atoms. The number of aryl methyl sites for hydroxylation is 1. The molecule has 2 rings (SSSR count). The van der Waals surface area contributed by atoms with E-state index in [2.05, 4.69) is 4.98 Å². The van der Waals surface area contributed by atoms with Crippen LogP contribution in [0.5, 0.6) is 5.75 Å². The molecule has 0 N–H and O–H groups in total. The summed E-state index contributed by atoms with van der Waals surface area (Å²) in [5, 5.41) is 11.1. The van der Waals surface area contributed by atoms with E-state index in [1.807, 2.05) is 6.92 Å². The molecular formula is C12H13N3O3. The van der Waals surface area contributed by atoms with Crippen molar-refractivity contribution in [3.05, 3.63) is 46.5 Å². The normalized spacial score (nSPS) is 10.3. The Labute approximate surface area is 104 Å². The molecule has 2 aromatic rings. The van der Waals surface area contributed by atoms with Crippen molar-refractivity contribution >= 4 is 5.69 Å². The Balaban J connectivity index is 2.60. The van der Waals surface area contributed by atoms with Crippen molar-refractivity contribution in [1.82, 2.24) is 9.55 Å². The third-order valence-corrected chi connectivity index (χ3v) is 2.67. The van der Waals surface area contributed by atoms with Gasteiger partial charge in [-0.05, 0) is 12.1 Å². The molecule has 0 aliphatic carbocycles. The fraction of sp³-hybridized carbons (Fsp3) is 0.250. The number of rotatable bonds is 4. The first-order valence-corrected chi connectivity index (χ1v) is 5.52. The fourth-order valence-corrected chi connectivity index (χ4v) is 1.80. The summed E-state index contributed by atoms with van der Waals surface area (Å²) in [5.74, 6) is 1.24. The molecule has 0 aliphatic rings. The molecule has 1 aromatic carbocycles. The van der Waals surface area contributed by atoms with Crippen molar-refractivity contribution in [2.75, 3.05) is 7.11 Å². The van der Waals surface area contributed by atoms with Crippen molar-refractivity contribution in [1.29, 1.82) is 0 Å². The van der Waals surface area contributed by atoms with Crippen LogP contribution in [0.1, 0.15) is 12.7 Å². The molecular weight excluding hydrogens is 234 g/mol. The van der Waals surface area contributed by atoms with Crippen LogP contribution in [0.4, 0.5) is 5.69 Å². The zero-order valence-electron chi connectivity index (χ0n) is 10.2. The second kappa shape index (κ2) is 4.87. The van der Waals surface area contributed by atoms with Gasteiger partial charge in [-0.25, -0.2) is 4.98 Å². The van der Waals surface area contributed by atoms with Crippen LogP contribution in [0.2, 0.25) is 0 Å². The number of imidazole rings is 1. The van der Waals surface area contributed by atoms with E-state index in [0.717, 1.165) is 5.82 Å². The van der Waals surface area contributed by atoms with Gasteiger partial charge in [0.1, 0.15) is 17.3 Å². The first kappa shape index (κ1) is 12.1. The molecule has 0 aliphatic heterocycles. The maximum atomic E-state index is 11.1. The second-order valence-corrected chi connectivity index (χ2v) is 3.68. The molecule has 6 heteroatoms. The van der Waals surface area contributed by atoms with Crippen molar-refractivity contribution < 1.29 is 9.66 Å². The summed E-state index contributed by atoms with van der Waals surface area (Å²) >= 11 is 0. The molecule has 1 heterocycles. The van der Waals surface area contributed by atoms with E-state index >= 15 is 0 Å². The monoisotopic (exact) mass is 247 g/mol. The molecule has 0 saturated carbocycles. The molecule has 0 saturated heterocycles. The lowest BCUT2D eigenvalue weighted by atomic mass is 10.2. The van der Waals surface area contributed by atoms with Gasteiger partial charge in [0, 0.05) is 18.8 Å². The van der Waals surface area contributed by atoms with E-state index in [-0.39, 0.29) is 5.69 Å². The Bertz CT molecular complexity index is 578. The van der Waals surface area contributed by atoms with Gasteiger partial charge in [-0.1, -0.05) is 6.92 Å². The van der Waals surface area contributed by atoms with E-state index in [1.54, 1.807) is 29.1 Å². The predicted octanol–water partition coefficient (Wildman–Crippen LogP) is 2.35. The van der Waals surface area contributed by atoms with E-state index in [4.69, 9.17) is 4.74 Å². The van der Waals surface area contributed by atoms with Crippen molar-refractivity contribution in [3.8, 4) is 11.4 Å². The van der Waals surface area contributed by atoms with Crippen molar-refractivity contribution in [2.24, 2.45) is 0 Å². The highest BCUT2D eigenvalue weighted by molar-refractivity contribution is 5.56. The van der Waals surface area contributed by atoms with Gasteiger partial charge in [0.15, 0.2) is 0 Å². The zero-order valence-corrected chi connectivity index (χ0v) is 10.2. The highest BCUT2D eigenvalue weighted by atomic mass is 16.6. The third-order valence-electron chi connectivity index (χ3n) is 2.67. The van der Waals surface area contributed by atoms with Crippen LogP contribution in [0.25, 0.3) is 5.69 Å². The van der Waals surface area contributed by atoms with Gasteiger partial charge in [0.05, 0.1) is 18.1 Å². The first-order valence-electron chi connectivity index (χ1n) is 5.52. The average Bonchev–Trinajstić information content (AvgIpc) is 2.86. The Morgan fingerprint density at radius 3 is 2.89 bits per heavy atom. The van der Waals surface area contributed by atoms with Gasteiger partial charge in [0.25, 0.3) is 5.69 Å². The summed E-state index contributed by atoms with van der Waals surface area (Å²) in [6.07, 6.45) is 4.05. The number of aromatic nitrogens is 2. The van der Waals surface area contributed by atoms with Gasteiger partial charge in [-0.3, -0.25) is 14.7 Å². The van der Waals surface area contributed by atoms with E-state index < -0.39 is 4.92 Å². The Morgan fingerprint density at radius 2 is 2.28 bits per heavy atom. The van der Waals surface area contributed by atoms with Crippen LogP contribution < -0.4 is 4.74 Å². The minimum atomic E-state index is -0.419. The second-order valence-electron chi connectivity index (χ2n) is 3.68. The molecule has 6 nitrogen and oxygen atoms in total. The molecule has 18 heavy (non-hydrogen) atoms. The smallest absolute Gasteiger partial charge is 0.296 e. The van der Waals surface area contributed by atoms with E-state index in [9.17, 15) is 10.1 Å². The van der Waals surface area contributed by atoms with Gasteiger partial charge >= 0.3 is 0 Å². The lowest BCUT2D eigenvalue weighted by molar-refractivity contribution is -0.384. The summed E-state index contributed by atoms with van der Waals surface area (Å²) in [6.45, 7) is 1.95. The number of ether oxygens (including phenoxy) is 1. The fourth-order valence-electron chi connectivity index (χ4n) is 1.80. The quantitative estimate of drug-likeness (QED) is 0.614. The first-order chi connectivity index (χ1) is 8.67. The van der Waals surface area contributed by atoms with Crippen LogP contribution in [0.3, 0.4) is 0 Å². The summed E-state index contributed by atoms with van der Waals surface area (Å²) in [6, 6.07) is 4.77. The number of hydrogen-bond donors (Lipinski definition) is 0. The van der Waals surface area contributed by atoms with E-state index in [0.29, 0.717) is 17.9 Å². The SMILES string of the molecule is CCc1nccn1-c1ccc(OC)cc1[N+](=O)[O-]. The number of hydrogen-bond acceptors (Lipinski definition) is 4. The van der Waals surface area contributed by atoms with E-state index in [1.165, 1.54) is 13.2 Å². The number of benzene rings is 1. The summed E-state index contributed by atoms with van der Waals surface area (Å²) in [5.41, 5.74) is 0.497. The number of nitro benzene ring substituents is 1. The Morgan fingerprint density at radius 1 is 1.50 bits per heavy atom. The van der Waals surface area contributed by atoms with Gasteiger partial charge < -0.3 is 4.74 Å². The molecule has 0 fully saturated rings. The minimum absolute atomic E-state index is 0.00190. The highest BCUT2D eigenvalue weighted by Crippen LogP contribution is 2.28. The summed E-state index contributed by atoms with van der Waals surface area (Å²) in [7, 11) is 1.48. The predicted molar refractivity (Wildman–Crippen MR) is 66.1 cm³/mol. The maximum Gasteiger partial charge on any atom is 0.296 e. The van der Waals surface area contributed by atoms with Gasteiger partial charge in [0.2, 0.25) is 0 Å². The summed E-state index contributed by atoms with van der Waals surface area (Å²) in [4.78, 5) is 14.8. The number of nitro groups is 1. The van der Waals surface area contributed by atoms with Crippen molar-refractivity contribution in [2.45, 2.75) is 13.3 Å². The molecule has 0 bridgehead atoms. The average molecular weight is 247 g/mol. The largest absolute Gasteiger partial charge is 0.496 e. The Hall–Kier alpha value is -2.37. The number of nitrogens with zero attached hydrogens (tertiary/aromatic N) is 3. The lowest BCUT2D eigenvalue weighted by Crippen LogP contribution is -2.03. The van der Waals surface area contributed by atoms with Crippen LogP contribution in [-0.2, 0) is 6.42 Å².